The molecule has 0 aromatic heterocycles. The summed E-state index contributed by atoms with van der Waals surface area (Å²) in [6.45, 7) is 11.9. The lowest BCUT2D eigenvalue weighted by Crippen LogP contribution is -2.35. The Morgan fingerprint density at radius 2 is 1.79 bits per heavy atom. The Morgan fingerprint density at radius 1 is 1.21 bits per heavy atom. The molecule has 0 heterocycles. The van der Waals surface area contributed by atoms with Crippen molar-refractivity contribution in [2.45, 2.75) is 39.9 Å². The van der Waals surface area contributed by atoms with Gasteiger partial charge in [-0.1, -0.05) is 55.2 Å². The van der Waals surface area contributed by atoms with E-state index in [0.717, 1.165) is 4.43 Å². The van der Waals surface area contributed by atoms with Gasteiger partial charge in [-0.3, -0.25) is 0 Å². The molecule has 0 aromatic carbocycles. The van der Waals surface area contributed by atoms with E-state index in [1.165, 1.54) is 6.04 Å². The zero-order valence-electron chi connectivity index (χ0n) is 9.91. The predicted molar refractivity (Wildman–Crippen MR) is 74.4 cm³/mol. The SMILES string of the molecule is CC(C)(C)C[Si](C)(C)OCC#CCI. The maximum atomic E-state index is 5.87. The van der Waals surface area contributed by atoms with Crippen molar-refractivity contribution in [1.82, 2.24) is 0 Å². The Morgan fingerprint density at radius 3 is 2.21 bits per heavy atom. The Labute approximate surface area is 103 Å². The topological polar surface area (TPSA) is 9.23 Å². The second-order valence-corrected chi connectivity index (χ2v) is 10.2. The Balaban J connectivity index is 3.95. The van der Waals surface area contributed by atoms with Gasteiger partial charge >= 0.3 is 0 Å². The minimum Gasteiger partial charge on any atom is -0.406 e. The molecule has 0 aromatic rings. The van der Waals surface area contributed by atoms with Gasteiger partial charge in [-0.25, -0.2) is 0 Å². The molecule has 0 saturated heterocycles. The van der Waals surface area contributed by atoms with Crippen LogP contribution in [0.25, 0.3) is 0 Å². The van der Waals surface area contributed by atoms with Crippen molar-refractivity contribution in [2.24, 2.45) is 5.41 Å². The molecular weight excluding hydrogens is 303 g/mol. The van der Waals surface area contributed by atoms with Gasteiger partial charge in [-0.05, 0) is 24.6 Å². The van der Waals surface area contributed by atoms with Gasteiger partial charge in [0.1, 0.15) is 0 Å². The molecule has 0 saturated carbocycles. The highest BCUT2D eigenvalue weighted by Gasteiger charge is 2.28. The quantitative estimate of drug-likeness (QED) is 0.333. The maximum absolute atomic E-state index is 5.87. The summed E-state index contributed by atoms with van der Waals surface area (Å²) < 4.78 is 6.76. The van der Waals surface area contributed by atoms with Gasteiger partial charge in [-0.15, -0.1) is 0 Å². The summed E-state index contributed by atoms with van der Waals surface area (Å²) in [5, 5.41) is 0. The monoisotopic (exact) mass is 324 g/mol. The second-order valence-electron chi connectivity index (χ2n) is 5.27. The van der Waals surface area contributed by atoms with Gasteiger partial charge < -0.3 is 4.43 Å². The lowest BCUT2D eigenvalue weighted by atomic mass is 10.0. The van der Waals surface area contributed by atoms with Crippen LogP contribution < -0.4 is 0 Å². The van der Waals surface area contributed by atoms with E-state index < -0.39 is 8.32 Å². The van der Waals surface area contributed by atoms with Crippen molar-refractivity contribution in [1.29, 1.82) is 0 Å². The number of alkyl halides is 1. The van der Waals surface area contributed by atoms with Crippen LogP contribution in [0, 0.1) is 17.3 Å². The molecule has 0 bridgehead atoms. The molecule has 0 fully saturated rings. The van der Waals surface area contributed by atoms with Crippen molar-refractivity contribution in [3.8, 4) is 11.8 Å². The Kier molecular flexibility index (Phi) is 6.34. The van der Waals surface area contributed by atoms with Gasteiger partial charge in [0.15, 0.2) is 8.32 Å². The third kappa shape index (κ3) is 9.04. The average molecular weight is 324 g/mol. The molecule has 14 heavy (non-hydrogen) atoms. The van der Waals surface area contributed by atoms with Crippen LogP contribution in [0.5, 0.6) is 0 Å². The van der Waals surface area contributed by atoms with E-state index in [-0.39, 0.29) is 0 Å². The first-order valence-electron chi connectivity index (χ1n) is 4.92. The fraction of sp³-hybridized carbons (Fsp3) is 0.818. The van der Waals surface area contributed by atoms with E-state index in [0.29, 0.717) is 12.0 Å². The zero-order chi connectivity index (χ0) is 11.2. The summed E-state index contributed by atoms with van der Waals surface area (Å²) in [6.07, 6.45) is 0. The number of rotatable bonds is 3. The fourth-order valence-corrected chi connectivity index (χ4v) is 5.05. The van der Waals surface area contributed by atoms with Crippen LogP contribution in [0.15, 0.2) is 0 Å². The summed E-state index contributed by atoms with van der Waals surface area (Å²) in [6, 6.07) is 1.19. The molecule has 0 aliphatic rings. The molecule has 0 amide bonds. The highest BCUT2D eigenvalue weighted by molar-refractivity contribution is 14.1. The first-order valence-corrected chi connectivity index (χ1v) is 9.57. The van der Waals surface area contributed by atoms with E-state index in [1.807, 2.05) is 0 Å². The molecule has 3 heteroatoms. The molecule has 0 atom stereocenters. The molecule has 82 valence electrons. The van der Waals surface area contributed by atoms with E-state index >= 15 is 0 Å². The van der Waals surface area contributed by atoms with Crippen molar-refractivity contribution >= 4 is 30.9 Å². The number of halogens is 1. The first-order chi connectivity index (χ1) is 6.27. The van der Waals surface area contributed by atoms with Crippen molar-refractivity contribution in [2.75, 3.05) is 11.0 Å². The average Bonchev–Trinajstić information content (AvgIpc) is 1.93. The lowest BCUT2D eigenvalue weighted by Gasteiger charge is -2.29. The predicted octanol–water partition coefficient (Wildman–Crippen LogP) is 3.69. The normalized spacial score (nSPS) is 12.1. The number of hydrogen-bond acceptors (Lipinski definition) is 1. The highest BCUT2D eigenvalue weighted by Crippen LogP contribution is 2.27. The Bertz CT molecular complexity index is 220. The van der Waals surface area contributed by atoms with Gasteiger partial charge in [0.2, 0.25) is 0 Å². The summed E-state index contributed by atoms with van der Waals surface area (Å²) in [5.41, 5.74) is 0.367. The van der Waals surface area contributed by atoms with E-state index in [4.69, 9.17) is 4.43 Å². The van der Waals surface area contributed by atoms with Gasteiger partial charge in [0, 0.05) is 0 Å². The second kappa shape index (κ2) is 6.14. The maximum Gasteiger partial charge on any atom is 0.188 e. The van der Waals surface area contributed by atoms with Crippen LogP contribution >= 0.6 is 22.6 Å². The first kappa shape index (κ1) is 14.5. The van der Waals surface area contributed by atoms with Gasteiger partial charge in [0.25, 0.3) is 0 Å². The standard InChI is InChI=1S/C11H21IOSi/c1-11(2,3)10-14(4,5)13-9-7-6-8-12/h8-10H2,1-5H3. The molecule has 0 rings (SSSR count). The molecule has 1 nitrogen and oxygen atoms in total. The van der Waals surface area contributed by atoms with Crippen LogP contribution in [0.2, 0.25) is 19.1 Å². The molecule has 0 unspecified atom stereocenters. The third-order valence-corrected chi connectivity index (χ3v) is 4.90. The summed E-state index contributed by atoms with van der Waals surface area (Å²) in [7, 11) is -1.49. The third-order valence-electron chi connectivity index (χ3n) is 1.68. The van der Waals surface area contributed by atoms with E-state index in [2.05, 4.69) is 68.3 Å². The number of hydrogen-bond donors (Lipinski definition) is 0. The van der Waals surface area contributed by atoms with Gasteiger partial charge in [0.05, 0.1) is 11.0 Å². The largest absolute Gasteiger partial charge is 0.406 e. The van der Waals surface area contributed by atoms with Crippen LogP contribution in [0.3, 0.4) is 0 Å². The van der Waals surface area contributed by atoms with Gasteiger partial charge in [-0.2, -0.15) is 0 Å². The molecule has 0 aliphatic heterocycles. The minimum absolute atomic E-state index is 0.367. The van der Waals surface area contributed by atoms with Crippen LogP contribution in [-0.4, -0.2) is 19.4 Å². The van der Waals surface area contributed by atoms with Crippen molar-refractivity contribution in [3.63, 3.8) is 0 Å². The lowest BCUT2D eigenvalue weighted by molar-refractivity contribution is 0.334. The molecule has 0 N–H and O–H groups in total. The van der Waals surface area contributed by atoms with E-state index in [1.54, 1.807) is 0 Å². The fourth-order valence-electron chi connectivity index (χ4n) is 1.66. The molecular formula is C11H21IOSi. The van der Waals surface area contributed by atoms with Crippen LogP contribution in [-0.2, 0) is 4.43 Å². The molecule has 0 radical (unpaired) electrons. The highest BCUT2D eigenvalue weighted by atomic mass is 127. The van der Waals surface area contributed by atoms with Crippen LogP contribution in [0.1, 0.15) is 20.8 Å². The summed E-state index contributed by atoms with van der Waals surface area (Å²) >= 11 is 2.25. The smallest absolute Gasteiger partial charge is 0.188 e. The summed E-state index contributed by atoms with van der Waals surface area (Å²) in [4.78, 5) is 0. The zero-order valence-corrected chi connectivity index (χ0v) is 13.1. The summed E-state index contributed by atoms with van der Waals surface area (Å²) in [5.74, 6) is 6.05. The van der Waals surface area contributed by atoms with E-state index in [9.17, 15) is 0 Å². The minimum atomic E-state index is -1.49. The van der Waals surface area contributed by atoms with Crippen molar-refractivity contribution in [3.05, 3.63) is 0 Å². The molecule has 0 aliphatic carbocycles. The molecule has 0 spiro atoms. The van der Waals surface area contributed by atoms with Crippen molar-refractivity contribution < 1.29 is 4.43 Å². The van der Waals surface area contributed by atoms with Crippen LogP contribution in [0.4, 0.5) is 0 Å². The Hall–Kier alpha value is 0.467.